The number of unbranched alkanes of at least 4 members (excludes halogenated alkanes) is 1. The van der Waals surface area contributed by atoms with Crippen LogP contribution in [0.4, 0.5) is 0 Å². The van der Waals surface area contributed by atoms with Crippen molar-refractivity contribution in [1.29, 1.82) is 0 Å². The maximum atomic E-state index is 5.46. The SMILES string of the molecule is BrCCCCOC1CCCO1. The van der Waals surface area contributed by atoms with Crippen LogP contribution in [0.25, 0.3) is 0 Å². The first-order valence-corrected chi connectivity index (χ1v) is 5.35. The third kappa shape index (κ3) is 4.09. The van der Waals surface area contributed by atoms with E-state index in [1.165, 1.54) is 6.42 Å². The summed E-state index contributed by atoms with van der Waals surface area (Å²) in [5.74, 6) is 0. The van der Waals surface area contributed by atoms with E-state index in [1.807, 2.05) is 0 Å². The molecule has 1 rings (SSSR count). The predicted octanol–water partition coefficient (Wildman–Crippen LogP) is 2.31. The molecule has 1 unspecified atom stereocenters. The molecule has 1 fully saturated rings. The molecule has 0 aromatic rings. The Morgan fingerprint density at radius 1 is 1.45 bits per heavy atom. The summed E-state index contributed by atoms with van der Waals surface area (Å²) in [5, 5.41) is 1.07. The minimum Gasteiger partial charge on any atom is -0.353 e. The molecule has 1 heterocycles. The van der Waals surface area contributed by atoms with Gasteiger partial charge in [0.15, 0.2) is 6.29 Å². The van der Waals surface area contributed by atoms with Crippen molar-refractivity contribution >= 4 is 15.9 Å². The number of ether oxygens (including phenoxy) is 2. The van der Waals surface area contributed by atoms with Crippen molar-refractivity contribution in [1.82, 2.24) is 0 Å². The fourth-order valence-electron chi connectivity index (χ4n) is 1.09. The highest BCUT2D eigenvalue weighted by Crippen LogP contribution is 2.13. The van der Waals surface area contributed by atoms with Gasteiger partial charge in [0.25, 0.3) is 0 Å². The summed E-state index contributed by atoms with van der Waals surface area (Å²) < 4.78 is 10.8. The number of hydrogen-bond donors (Lipinski definition) is 0. The molecule has 0 amide bonds. The van der Waals surface area contributed by atoms with Crippen molar-refractivity contribution in [3.63, 3.8) is 0 Å². The van der Waals surface area contributed by atoms with E-state index in [4.69, 9.17) is 9.47 Å². The number of hydrogen-bond acceptors (Lipinski definition) is 2. The fourth-order valence-corrected chi connectivity index (χ4v) is 1.49. The zero-order valence-electron chi connectivity index (χ0n) is 6.72. The van der Waals surface area contributed by atoms with Gasteiger partial charge < -0.3 is 9.47 Å². The number of alkyl halides is 1. The third-order valence-electron chi connectivity index (χ3n) is 1.72. The second-order valence-electron chi connectivity index (χ2n) is 2.71. The van der Waals surface area contributed by atoms with Crippen molar-refractivity contribution in [3.8, 4) is 0 Å². The van der Waals surface area contributed by atoms with E-state index in [-0.39, 0.29) is 6.29 Å². The van der Waals surface area contributed by atoms with Crippen molar-refractivity contribution in [2.24, 2.45) is 0 Å². The van der Waals surface area contributed by atoms with Gasteiger partial charge in [-0.2, -0.15) is 0 Å². The first-order chi connectivity index (χ1) is 5.43. The normalized spacial score (nSPS) is 24.3. The van der Waals surface area contributed by atoms with Crippen LogP contribution >= 0.6 is 15.9 Å². The van der Waals surface area contributed by atoms with Crippen LogP contribution in [0.2, 0.25) is 0 Å². The Kier molecular flexibility index (Phi) is 5.15. The minimum absolute atomic E-state index is 0.102. The zero-order chi connectivity index (χ0) is 7.94. The van der Waals surface area contributed by atoms with Crippen LogP contribution in [0.1, 0.15) is 25.7 Å². The molecule has 0 radical (unpaired) electrons. The highest BCUT2D eigenvalue weighted by atomic mass is 79.9. The molecular formula is C8H15BrO2. The van der Waals surface area contributed by atoms with E-state index in [9.17, 15) is 0 Å². The van der Waals surface area contributed by atoms with Gasteiger partial charge in [-0.15, -0.1) is 0 Å². The number of rotatable bonds is 5. The third-order valence-corrected chi connectivity index (χ3v) is 2.28. The van der Waals surface area contributed by atoms with Crippen molar-refractivity contribution in [2.75, 3.05) is 18.5 Å². The van der Waals surface area contributed by atoms with Crippen molar-refractivity contribution in [2.45, 2.75) is 32.0 Å². The largest absolute Gasteiger partial charge is 0.353 e. The van der Waals surface area contributed by atoms with Gasteiger partial charge in [0.1, 0.15) is 0 Å². The van der Waals surface area contributed by atoms with Crippen LogP contribution < -0.4 is 0 Å². The second-order valence-corrected chi connectivity index (χ2v) is 3.50. The summed E-state index contributed by atoms with van der Waals surface area (Å²) in [5.41, 5.74) is 0. The monoisotopic (exact) mass is 222 g/mol. The van der Waals surface area contributed by atoms with Gasteiger partial charge in [-0.3, -0.25) is 0 Å². The second kappa shape index (κ2) is 5.98. The van der Waals surface area contributed by atoms with Gasteiger partial charge in [0.2, 0.25) is 0 Å². The van der Waals surface area contributed by atoms with Gasteiger partial charge in [0.05, 0.1) is 0 Å². The molecule has 66 valence electrons. The van der Waals surface area contributed by atoms with Crippen LogP contribution in [0.15, 0.2) is 0 Å². The van der Waals surface area contributed by atoms with Gasteiger partial charge in [-0.05, 0) is 19.3 Å². The van der Waals surface area contributed by atoms with E-state index < -0.39 is 0 Å². The van der Waals surface area contributed by atoms with Gasteiger partial charge >= 0.3 is 0 Å². The van der Waals surface area contributed by atoms with Gasteiger partial charge in [0, 0.05) is 25.0 Å². The van der Waals surface area contributed by atoms with E-state index in [2.05, 4.69) is 15.9 Å². The smallest absolute Gasteiger partial charge is 0.157 e. The average molecular weight is 223 g/mol. The molecule has 0 aromatic heterocycles. The lowest BCUT2D eigenvalue weighted by Crippen LogP contribution is -2.11. The summed E-state index contributed by atoms with van der Waals surface area (Å²) >= 11 is 3.38. The molecule has 0 aliphatic carbocycles. The van der Waals surface area contributed by atoms with E-state index in [0.29, 0.717) is 0 Å². The lowest BCUT2D eigenvalue weighted by atomic mass is 10.3. The molecule has 0 bridgehead atoms. The van der Waals surface area contributed by atoms with Gasteiger partial charge in [-0.1, -0.05) is 15.9 Å². The average Bonchev–Trinajstić information content (AvgIpc) is 2.50. The van der Waals surface area contributed by atoms with E-state index >= 15 is 0 Å². The lowest BCUT2D eigenvalue weighted by molar-refractivity contribution is -0.111. The van der Waals surface area contributed by atoms with Crippen LogP contribution in [0, 0.1) is 0 Å². The Morgan fingerprint density at radius 3 is 3.00 bits per heavy atom. The van der Waals surface area contributed by atoms with Crippen LogP contribution in [-0.4, -0.2) is 24.8 Å². The summed E-state index contributed by atoms with van der Waals surface area (Å²) in [7, 11) is 0. The first kappa shape index (κ1) is 9.49. The van der Waals surface area contributed by atoms with E-state index in [1.54, 1.807) is 0 Å². The highest BCUT2D eigenvalue weighted by molar-refractivity contribution is 9.09. The lowest BCUT2D eigenvalue weighted by Gasteiger charge is -2.09. The summed E-state index contributed by atoms with van der Waals surface area (Å²) in [4.78, 5) is 0. The Bertz CT molecular complexity index is 92.1. The summed E-state index contributed by atoms with van der Waals surface area (Å²) in [6.45, 7) is 1.72. The Morgan fingerprint density at radius 2 is 2.36 bits per heavy atom. The standard InChI is InChI=1S/C8H15BrO2/c9-5-1-2-6-10-8-4-3-7-11-8/h8H,1-7H2. The Balaban J connectivity index is 1.86. The molecule has 2 nitrogen and oxygen atoms in total. The molecular weight excluding hydrogens is 208 g/mol. The molecule has 0 N–H and O–H groups in total. The molecule has 0 aromatic carbocycles. The van der Waals surface area contributed by atoms with E-state index in [0.717, 1.165) is 37.8 Å². The highest BCUT2D eigenvalue weighted by Gasteiger charge is 2.14. The first-order valence-electron chi connectivity index (χ1n) is 4.22. The molecule has 1 aliphatic rings. The molecule has 1 atom stereocenters. The maximum absolute atomic E-state index is 5.46. The van der Waals surface area contributed by atoms with Crippen LogP contribution in [-0.2, 0) is 9.47 Å². The van der Waals surface area contributed by atoms with Crippen molar-refractivity contribution < 1.29 is 9.47 Å². The fraction of sp³-hybridized carbons (Fsp3) is 1.00. The van der Waals surface area contributed by atoms with Crippen LogP contribution in [0.5, 0.6) is 0 Å². The summed E-state index contributed by atoms with van der Waals surface area (Å²) in [6, 6.07) is 0. The topological polar surface area (TPSA) is 18.5 Å². The molecule has 0 spiro atoms. The molecule has 0 saturated carbocycles. The predicted molar refractivity (Wildman–Crippen MR) is 48.0 cm³/mol. The summed E-state index contributed by atoms with van der Waals surface area (Å²) in [6.07, 6.45) is 4.65. The maximum Gasteiger partial charge on any atom is 0.157 e. The quantitative estimate of drug-likeness (QED) is 0.526. The minimum atomic E-state index is 0.102. The molecule has 11 heavy (non-hydrogen) atoms. The number of halogens is 1. The van der Waals surface area contributed by atoms with Gasteiger partial charge in [-0.25, -0.2) is 0 Å². The van der Waals surface area contributed by atoms with Crippen LogP contribution in [0.3, 0.4) is 0 Å². The van der Waals surface area contributed by atoms with Crippen molar-refractivity contribution in [3.05, 3.63) is 0 Å². The molecule has 1 aliphatic heterocycles. The molecule has 3 heteroatoms. The Labute approximate surface area is 76.4 Å². The zero-order valence-corrected chi connectivity index (χ0v) is 8.31. The Hall–Kier alpha value is 0.400. The molecule has 1 saturated heterocycles.